The zero-order chi connectivity index (χ0) is 14.6. The number of ether oxygens (including phenoxy) is 1. The molecule has 0 N–H and O–H groups in total. The number of aryl methyl sites for hydroxylation is 1. The lowest BCUT2D eigenvalue weighted by atomic mass is 9.68. The van der Waals surface area contributed by atoms with E-state index >= 15 is 0 Å². The van der Waals surface area contributed by atoms with Crippen molar-refractivity contribution < 1.29 is 14.3 Å². The van der Waals surface area contributed by atoms with Crippen LogP contribution in [0.15, 0.2) is 24.3 Å². The lowest BCUT2D eigenvalue weighted by molar-refractivity contribution is -0.153. The molecule has 0 radical (unpaired) electrons. The van der Waals surface area contributed by atoms with E-state index in [1.807, 2.05) is 24.3 Å². The molecule has 20 heavy (non-hydrogen) atoms. The average molecular weight is 339 g/mol. The van der Waals surface area contributed by atoms with Crippen LogP contribution in [0, 0.1) is 5.41 Å². The number of rotatable bonds is 5. The van der Waals surface area contributed by atoms with Crippen LogP contribution in [0.2, 0.25) is 0 Å². The Bertz CT molecular complexity index is 512. The Hall–Kier alpha value is -1.16. The van der Waals surface area contributed by atoms with Gasteiger partial charge in [-0.25, -0.2) is 0 Å². The molecule has 4 heteroatoms. The highest BCUT2D eigenvalue weighted by Crippen LogP contribution is 2.40. The molecule has 0 saturated heterocycles. The minimum absolute atomic E-state index is 0.0706. The standard InChI is InChI=1S/C16H19BrO3/c1-2-20-15(19)16(9-5-11-17)10-8-12-6-3-4-7-13(12)14(16)18/h3-4,6-7H,2,5,8-11H2,1H3. The van der Waals surface area contributed by atoms with E-state index in [4.69, 9.17) is 4.74 Å². The minimum atomic E-state index is -0.988. The number of carbonyl (C=O) groups excluding carboxylic acids is 2. The molecule has 0 aromatic heterocycles. The summed E-state index contributed by atoms with van der Waals surface area (Å²) in [6, 6.07) is 7.57. The molecule has 0 fully saturated rings. The monoisotopic (exact) mass is 338 g/mol. The molecule has 0 bridgehead atoms. The molecule has 0 saturated carbocycles. The molecule has 0 spiro atoms. The molecule has 1 unspecified atom stereocenters. The fourth-order valence-electron chi connectivity index (χ4n) is 2.85. The Balaban J connectivity index is 2.38. The Morgan fingerprint density at radius 2 is 2.15 bits per heavy atom. The predicted molar refractivity (Wildman–Crippen MR) is 81.2 cm³/mol. The number of fused-ring (bicyclic) bond motifs is 1. The normalized spacial score (nSPS) is 21.4. The summed E-state index contributed by atoms with van der Waals surface area (Å²) in [5.74, 6) is -0.431. The van der Waals surface area contributed by atoms with Crippen LogP contribution in [0.25, 0.3) is 0 Å². The van der Waals surface area contributed by atoms with E-state index in [0.717, 1.165) is 23.7 Å². The summed E-state index contributed by atoms with van der Waals surface area (Å²) in [5, 5.41) is 0.781. The van der Waals surface area contributed by atoms with Gasteiger partial charge >= 0.3 is 5.97 Å². The number of carbonyl (C=O) groups is 2. The van der Waals surface area contributed by atoms with Gasteiger partial charge in [0, 0.05) is 10.9 Å². The smallest absolute Gasteiger partial charge is 0.320 e. The van der Waals surface area contributed by atoms with Crippen molar-refractivity contribution in [3.8, 4) is 0 Å². The first-order valence-corrected chi connectivity index (χ1v) is 8.13. The van der Waals surface area contributed by atoms with Crippen LogP contribution in [0.1, 0.15) is 42.1 Å². The van der Waals surface area contributed by atoms with Gasteiger partial charge in [0.05, 0.1) is 6.61 Å². The molecular formula is C16H19BrO3. The van der Waals surface area contributed by atoms with E-state index in [0.29, 0.717) is 25.0 Å². The zero-order valence-corrected chi connectivity index (χ0v) is 13.2. The van der Waals surface area contributed by atoms with Crippen molar-refractivity contribution in [3.05, 3.63) is 35.4 Å². The summed E-state index contributed by atoms with van der Waals surface area (Å²) < 4.78 is 5.19. The van der Waals surface area contributed by atoms with Gasteiger partial charge in [-0.1, -0.05) is 40.2 Å². The topological polar surface area (TPSA) is 43.4 Å². The van der Waals surface area contributed by atoms with Crippen molar-refractivity contribution in [3.63, 3.8) is 0 Å². The number of halogens is 1. The second-order valence-corrected chi connectivity index (χ2v) is 5.87. The van der Waals surface area contributed by atoms with E-state index in [2.05, 4.69) is 15.9 Å². The maximum absolute atomic E-state index is 12.8. The molecule has 1 aromatic rings. The number of ketones is 1. The van der Waals surface area contributed by atoms with Gasteiger partial charge in [0.1, 0.15) is 5.41 Å². The molecule has 2 rings (SSSR count). The molecule has 1 aliphatic carbocycles. The lowest BCUT2D eigenvalue weighted by Gasteiger charge is -2.34. The fourth-order valence-corrected chi connectivity index (χ4v) is 3.13. The van der Waals surface area contributed by atoms with Crippen molar-refractivity contribution in [2.75, 3.05) is 11.9 Å². The number of hydrogen-bond acceptors (Lipinski definition) is 3. The van der Waals surface area contributed by atoms with Crippen molar-refractivity contribution in [2.24, 2.45) is 5.41 Å². The molecule has 0 heterocycles. The summed E-state index contributed by atoms with van der Waals surface area (Å²) in [6.45, 7) is 2.08. The van der Waals surface area contributed by atoms with Crippen LogP contribution < -0.4 is 0 Å². The van der Waals surface area contributed by atoms with E-state index in [-0.39, 0.29) is 11.8 Å². The molecule has 0 amide bonds. The first-order chi connectivity index (χ1) is 9.65. The van der Waals surface area contributed by atoms with E-state index < -0.39 is 5.41 Å². The number of alkyl halides is 1. The summed E-state index contributed by atoms with van der Waals surface area (Å²) >= 11 is 3.38. The summed E-state index contributed by atoms with van der Waals surface area (Å²) in [5.41, 5.74) is 0.732. The van der Waals surface area contributed by atoms with Crippen molar-refractivity contribution in [2.45, 2.75) is 32.6 Å². The number of esters is 1. The molecule has 0 aliphatic heterocycles. The Morgan fingerprint density at radius 1 is 1.40 bits per heavy atom. The molecule has 1 aromatic carbocycles. The van der Waals surface area contributed by atoms with Crippen molar-refractivity contribution in [1.82, 2.24) is 0 Å². The third-order valence-corrected chi connectivity index (χ3v) is 4.48. The highest BCUT2D eigenvalue weighted by Gasteiger charge is 2.49. The van der Waals surface area contributed by atoms with Crippen LogP contribution >= 0.6 is 15.9 Å². The Kier molecular flexibility index (Phi) is 4.97. The summed E-state index contributed by atoms with van der Waals surface area (Å²) in [7, 11) is 0. The van der Waals surface area contributed by atoms with E-state index in [1.54, 1.807) is 6.92 Å². The Labute approximate surface area is 127 Å². The van der Waals surface area contributed by atoms with E-state index in [1.165, 1.54) is 0 Å². The molecule has 108 valence electrons. The first kappa shape index (κ1) is 15.2. The molecule has 1 aliphatic rings. The van der Waals surface area contributed by atoms with Gasteiger partial charge in [0.2, 0.25) is 0 Å². The maximum atomic E-state index is 12.8. The zero-order valence-electron chi connectivity index (χ0n) is 11.7. The third kappa shape index (κ3) is 2.66. The highest BCUT2D eigenvalue weighted by atomic mass is 79.9. The minimum Gasteiger partial charge on any atom is -0.465 e. The second-order valence-electron chi connectivity index (χ2n) is 5.08. The van der Waals surface area contributed by atoms with E-state index in [9.17, 15) is 9.59 Å². The first-order valence-electron chi connectivity index (χ1n) is 7.01. The molecule has 3 nitrogen and oxygen atoms in total. The number of Topliss-reactive ketones (excluding diaryl/α,β-unsaturated/α-hetero) is 1. The highest BCUT2D eigenvalue weighted by molar-refractivity contribution is 9.09. The van der Waals surface area contributed by atoms with Gasteiger partial charge in [0.15, 0.2) is 5.78 Å². The summed E-state index contributed by atoms with van der Waals surface area (Å²) in [6.07, 6.45) is 2.63. The fraction of sp³-hybridized carbons (Fsp3) is 0.500. The van der Waals surface area contributed by atoms with Gasteiger partial charge in [-0.2, -0.15) is 0 Å². The van der Waals surface area contributed by atoms with Crippen LogP contribution in [0.3, 0.4) is 0 Å². The molecular weight excluding hydrogens is 320 g/mol. The number of hydrogen-bond donors (Lipinski definition) is 0. The Morgan fingerprint density at radius 3 is 2.85 bits per heavy atom. The predicted octanol–water partition coefficient (Wildman–Crippen LogP) is 3.54. The summed E-state index contributed by atoms with van der Waals surface area (Å²) in [4.78, 5) is 25.2. The van der Waals surface area contributed by atoms with Gasteiger partial charge < -0.3 is 4.74 Å². The van der Waals surface area contributed by atoms with Crippen LogP contribution in [-0.2, 0) is 16.0 Å². The SMILES string of the molecule is CCOC(=O)C1(CCCBr)CCc2ccccc2C1=O. The van der Waals surface area contributed by atoms with Crippen molar-refractivity contribution in [1.29, 1.82) is 0 Å². The van der Waals surface area contributed by atoms with Crippen LogP contribution in [-0.4, -0.2) is 23.7 Å². The van der Waals surface area contributed by atoms with Gasteiger partial charge in [-0.05, 0) is 38.2 Å². The van der Waals surface area contributed by atoms with Gasteiger partial charge in [-0.3, -0.25) is 9.59 Å². The second kappa shape index (κ2) is 6.53. The van der Waals surface area contributed by atoms with Crippen LogP contribution in [0.5, 0.6) is 0 Å². The van der Waals surface area contributed by atoms with Gasteiger partial charge in [0.25, 0.3) is 0 Å². The largest absolute Gasteiger partial charge is 0.465 e. The quantitative estimate of drug-likeness (QED) is 0.468. The van der Waals surface area contributed by atoms with Crippen LogP contribution in [0.4, 0.5) is 0 Å². The average Bonchev–Trinajstić information content (AvgIpc) is 2.47. The maximum Gasteiger partial charge on any atom is 0.320 e. The van der Waals surface area contributed by atoms with Gasteiger partial charge in [-0.15, -0.1) is 0 Å². The number of benzene rings is 1. The molecule has 1 atom stereocenters. The van der Waals surface area contributed by atoms with Crippen molar-refractivity contribution >= 4 is 27.7 Å². The lowest BCUT2D eigenvalue weighted by Crippen LogP contribution is -2.44. The third-order valence-electron chi connectivity index (χ3n) is 3.92.